The van der Waals surface area contributed by atoms with Crippen LogP contribution in [0.15, 0.2) is 78.9 Å². The van der Waals surface area contributed by atoms with Crippen LogP contribution >= 0.6 is 11.8 Å². The number of ether oxygens (including phenoxy) is 2. The van der Waals surface area contributed by atoms with Crippen molar-refractivity contribution in [3.05, 3.63) is 95.6 Å². The van der Waals surface area contributed by atoms with Gasteiger partial charge in [0.15, 0.2) is 0 Å². The van der Waals surface area contributed by atoms with E-state index in [1.807, 2.05) is 80.6 Å². The minimum Gasteiger partial charge on any atom is -0.464 e. The monoisotopic (exact) mass is 461 g/mol. The van der Waals surface area contributed by atoms with Gasteiger partial charge in [-0.15, -0.1) is 11.8 Å². The minimum atomic E-state index is -0.640. The fourth-order valence-electron chi connectivity index (χ4n) is 3.69. The van der Waals surface area contributed by atoms with Crippen molar-refractivity contribution in [2.75, 3.05) is 12.4 Å². The molecule has 1 aliphatic rings. The number of aryl methyl sites for hydroxylation is 1. The molecule has 0 N–H and O–H groups in total. The summed E-state index contributed by atoms with van der Waals surface area (Å²) in [5, 5.41) is -0.322. The topological polar surface area (TPSA) is 55.8 Å². The maximum atomic E-state index is 13.6. The van der Waals surface area contributed by atoms with Crippen LogP contribution in [0.3, 0.4) is 0 Å². The first-order valence-electron chi connectivity index (χ1n) is 11.1. The van der Waals surface area contributed by atoms with Crippen molar-refractivity contribution >= 4 is 23.6 Å². The molecule has 0 aliphatic carbocycles. The van der Waals surface area contributed by atoms with E-state index in [4.69, 9.17) is 9.47 Å². The average molecular weight is 462 g/mol. The second kappa shape index (κ2) is 10.6. The van der Waals surface area contributed by atoms with Crippen LogP contribution in [0.2, 0.25) is 0 Å². The van der Waals surface area contributed by atoms with E-state index in [0.29, 0.717) is 23.7 Å². The number of carbonyl (C=O) groups excluding carboxylic acids is 2. The molecule has 1 heterocycles. The molecule has 33 heavy (non-hydrogen) atoms. The smallest absolute Gasteiger partial charge is 0.329 e. The quantitative estimate of drug-likeness (QED) is 0.404. The zero-order valence-corrected chi connectivity index (χ0v) is 19.6. The summed E-state index contributed by atoms with van der Waals surface area (Å²) in [5.41, 5.74) is 2.53. The molecule has 170 valence electrons. The zero-order chi connectivity index (χ0) is 23.2. The molecule has 3 aromatic carbocycles. The Bertz CT molecular complexity index is 1100. The van der Waals surface area contributed by atoms with Crippen molar-refractivity contribution in [2.24, 2.45) is 0 Å². The Kier molecular flexibility index (Phi) is 7.35. The van der Waals surface area contributed by atoms with E-state index >= 15 is 0 Å². The summed E-state index contributed by atoms with van der Waals surface area (Å²) in [6, 6.07) is 24.0. The van der Waals surface area contributed by atoms with Crippen LogP contribution < -0.4 is 4.74 Å². The molecular weight excluding hydrogens is 434 g/mol. The highest BCUT2D eigenvalue weighted by molar-refractivity contribution is 7.99. The molecule has 2 atom stereocenters. The number of amides is 1. The number of hydrogen-bond donors (Lipinski definition) is 0. The lowest BCUT2D eigenvalue weighted by atomic mass is 10.1. The number of thioether (sulfide) groups is 1. The van der Waals surface area contributed by atoms with Gasteiger partial charge in [-0.1, -0.05) is 55.0 Å². The molecule has 0 saturated carbocycles. The zero-order valence-electron chi connectivity index (χ0n) is 18.8. The average Bonchev–Trinajstić information content (AvgIpc) is 3.29. The van der Waals surface area contributed by atoms with Gasteiger partial charge in [0.1, 0.15) is 22.9 Å². The Balaban J connectivity index is 1.64. The summed E-state index contributed by atoms with van der Waals surface area (Å²) in [5.74, 6) is 1.36. The van der Waals surface area contributed by atoms with E-state index in [1.54, 1.807) is 28.8 Å². The predicted molar refractivity (Wildman–Crippen MR) is 131 cm³/mol. The first-order valence-corrected chi connectivity index (χ1v) is 12.1. The Hall–Kier alpha value is -3.25. The molecule has 5 nitrogen and oxygen atoms in total. The maximum Gasteiger partial charge on any atom is 0.329 e. The van der Waals surface area contributed by atoms with Crippen LogP contribution in [0.1, 0.15) is 40.2 Å². The van der Waals surface area contributed by atoms with Crippen molar-refractivity contribution in [1.82, 2.24) is 4.90 Å². The van der Waals surface area contributed by atoms with Crippen LogP contribution in [-0.2, 0) is 9.53 Å². The van der Waals surface area contributed by atoms with Gasteiger partial charge < -0.3 is 14.4 Å². The van der Waals surface area contributed by atoms with E-state index in [9.17, 15) is 9.59 Å². The van der Waals surface area contributed by atoms with Crippen LogP contribution in [-0.4, -0.2) is 35.2 Å². The van der Waals surface area contributed by atoms with Gasteiger partial charge in [-0.25, -0.2) is 4.79 Å². The SMILES string of the molecule is CCCOC(=O)C1CSC(c2cccc(Oc3ccccc3)c2)N1C(=O)c1ccc(C)cc1. The van der Waals surface area contributed by atoms with Crippen LogP contribution in [0.25, 0.3) is 0 Å². The van der Waals surface area contributed by atoms with Crippen LogP contribution in [0.5, 0.6) is 11.5 Å². The first-order chi connectivity index (χ1) is 16.1. The van der Waals surface area contributed by atoms with Crippen molar-refractivity contribution < 1.29 is 19.1 Å². The molecular formula is C27H27NO4S. The number of hydrogen-bond acceptors (Lipinski definition) is 5. The van der Waals surface area contributed by atoms with Gasteiger partial charge in [0.05, 0.1) is 6.61 Å². The van der Waals surface area contributed by atoms with E-state index in [1.165, 1.54) is 0 Å². The van der Waals surface area contributed by atoms with Gasteiger partial charge in [-0.3, -0.25) is 4.79 Å². The summed E-state index contributed by atoms with van der Waals surface area (Å²) in [6.07, 6.45) is 0.736. The molecule has 3 aromatic rings. The second-order valence-corrected chi connectivity index (χ2v) is 9.05. The summed E-state index contributed by atoms with van der Waals surface area (Å²) < 4.78 is 11.4. The Morgan fingerprint density at radius 1 is 0.970 bits per heavy atom. The number of rotatable bonds is 7. The molecule has 4 rings (SSSR count). The summed E-state index contributed by atoms with van der Waals surface area (Å²) >= 11 is 1.56. The Labute approximate surface area is 198 Å². The normalized spacial score (nSPS) is 17.6. The molecule has 0 radical (unpaired) electrons. The highest BCUT2D eigenvalue weighted by atomic mass is 32.2. The summed E-state index contributed by atoms with van der Waals surface area (Å²) in [4.78, 5) is 28.1. The number of esters is 1. The molecule has 1 saturated heterocycles. The third kappa shape index (κ3) is 5.40. The largest absolute Gasteiger partial charge is 0.464 e. The highest BCUT2D eigenvalue weighted by Gasteiger charge is 2.43. The lowest BCUT2D eigenvalue weighted by Gasteiger charge is -2.29. The van der Waals surface area contributed by atoms with Gasteiger partial charge in [0, 0.05) is 11.3 Å². The van der Waals surface area contributed by atoms with E-state index < -0.39 is 6.04 Å². The number of para-hydroxylation sites is 1. The number of nitrogens with zero attached hydrogens (tertiary/aromatic N) is 1. The molecule has 0 aromatic heterocycles. The molecule has 6 heteroatoms. The lowest BCUT2D eigenvalue weighted by molar-refractivity contribution is -0.148. The van der Waals surface area contributed by atoms with Gasteiger partial charge in [0.25, 0.3) is 5.91 Å². The minimum absolute atomic E-state index is 0.183. The molecule has 1 amide bonds. The third-order valence-electron chi connectivity index (χ3n) is 5.38. The van der Waals surface area contributed by atoms with Crippen molar-refractivity contribution in [2.45, 2.75) is 31.7 Å². The predicted octanol–water partition coefficient (Wildman–Crippen LogP) is 6.00. The fourth-order valence-corrected chi connectivity index (χ4v) is 5.10. The first kappa shape index (κ1) is 22.9. The number of benzene rings is 3. The number of carbonyl (C=O) groups is 2. The lowest BCUT2D eigenvalue weighted by Crippen LogP contribution is -2.44. The van der Waals surface area contributed by atoms with Crippen molar-refractivity contribution in [3.63, 3.8) is 0 Å². The standard InChI is InChI=1S/C27H27NO4S/c1-3-16-31-27(30)24-18-33-26(28(24)25(29)20-14-12-19(2)13-15-20)21-8-7-11-23(17-21)32-22-9-5-4-6-10-22/h4-15,17,24,26H,3,16,18H2,1-2H3. The van der Waals surface area contributed by atoms with E-state index in [2.05, 4.69) is 0 Å². The molecule has 0 bridgehead atoms. The molecule has 0 spiro atoms. The van der Waals surface area contributed by atoms with Crippen LogP contribution in [0.4, 0.5) is 0 Å². The molecule has 1 aliphatic heterocycles. The maximum absolute atomic E-state index is 13.6. The van der Waals surface area contributed by atoms with E-state index in [0.717, 1.165) is 23.3 Å². The van der Waals surface area contributed by atoms with Gasteiger partial charge >= 0.3 is 5.97 Å². The third-order valence-corrected chi connectivity index (χ3v) is 6.70. The molecule has 2 unspecified atom stereocenters. The fraction of sp³-hybridized carbons (Fsp3) is 0.259. The summed E-state index contributed by atoms with van der Waals surface area (Å²) in [6.45, 7) is 4.27. The van der Waals surface area contributed by atoms with E-state index in [-0.39, 0.29) is 17.3 Å². The van der Waals surface area contributed by atoms with Gasteiger partial charge in [0.2, 0.25) is 0 Å². The second-order valence-electron chi connectivity index (χ2n) is 7.94. The molecule has 1 fully saturated rings. The van der Waals surface area contributed by atoms with Crippen molar-refractivity contribution in [1.29, 1.82) is 0 Å². The summed E-state index contributed by atoms with van der Waals surface area (Å²) in [7, 11) is 0. The van der Waals surface area contributed by atoms with Crippen LogP contribution in [0, 0.1) is 6.92 Å². The van der Waals surface area contributed by atoms with Crippen molar-refractivity contribution in [3.8, 4) is 11.5 Å². The Morgan fingerprint density at radius 3 is 2.42 bits per heavy atom. The highest BCUT2D eigenvalue weighted by Crippen LogP contribution is 2.43. The van der Waals surface area contributed by atoms with Gasteiger partial charge in [-0.05, 0) is 55.3 Å². The van der Waals surface area contributed by atoms with Gasteiger partial charge in [-0.2, -0.15) is 0 Å². The Morgan fingerprint density at radius 2 is 1.70 bits per heavy atom.